The second-order valence-electron chi connectivity index (χ2n) is 3.02. The van der Waals surface area contributed by atoms with Crippen molar-refractivity contribution in [2.45, 2.75) is 6.42 Å². The summed E-state index contributed by atoms with van der Waals surface area (Å²) < 4.78 is 0. The van der Waals surface area contributed by atoms with Gasteiger partial charge in [0.1, 0.15) is 0 Å². The lowest BCUT2D eigenvalue weighted by Gasteiger charge is -2.00. The number of rotatable bonds is 4. The number of carboxylic acid groups (broad SMARTS) is 1. The van der Waals surface area contributed by atoms with E-state index in [-0.39, 0.29) is 10.6 Å². The summed E-state index contributed by atoms with van der Waals surface area (Å²) in [5, 5.41) is 9.08. The molecular weight excluding hydrogens is 214 g/mol. The number of benzene rings is 1. The van der Waals surface area contributed by atoms with Crippen LogP contribution in [0.25, 0.3) is 6.08 Å². The lowest BCUT2D eigenvalue weighted by atomic mass is 10.1. The molecule has 3 nitrogen and oxygen atoms in total. The fourth-order valence-corrected chi connectivity index (χ4v) is 1.32. The molecule has 0 fully saturated rings. The number of aromatic carboxylic acids is 1. The van der Waals surface area contributed by atoms with E-state index in [0.717, 1.165) is 12.0 Å². The molecule has 1 aromatic rings. The Balaban J connectivity index is 2.92. The van der Waals surface area contributed by atoms with E-state index in [1.807, 2.05) is 12.2 Å². The highest BCUT2D eigenvalue weighted by atomic mass is 35.5. The molecule has 0 aliphatic heterocycles. The second-order valence-corrected chi connectivity index (χ2v) is 3.43. The smallest absolute Gasteiger partial charge is 0.337 e. The van der Waals surface area contributed by atoms with Gasteiger partial charge in [-0.2, -0.15) is 0 Å². The Morgan fingerprint density at radius 1 is 1.53 bits per heavy atom. The molecule has 80 valence electrons. The van der Waals surface area contributed by atoms with Gasteiger partial charge < -0.3 is 10.8 Å². The number of carboxylic acids is 1. The van der Waals surface area contributed by atoms with Crippen LogP contribution in [0.1, 0.15) is 22.3 Å². The summed E-state index contributed by atoms with van der Waals surface area (Å²) in [5.41, 5.74) is 6.26. The van der Waals surface area contributed by atoms with Crippen molar-refractivity contribution in [2.24, 2.45) is 5.73 Å². The number of hydrogen-bond donors (Lipinski definition) is 2. The lowest BCUT2D eigenvalue weighted by molar-refractivity contribution is 0.0697. The average Bonchev–Trinajstić information content (AvgIpc) is 2.20. The van der Waals surface area contributed by atoms with Gasteiger partial charge in [0, 0.05) is 0 Å². The summed E-state index contributed by atoms with van der Waals surface area (Å²) in [5.74, 6) is -1.02. The van der Waals surface area contributed by atoms with Gasteiger partial charge in [0.05, 0.1) is 10.6 Å². The highest BCUT2D eigenvalue weighted by molar-refractivity contribution is 6.33. The summed E-state index contributed by atoms with van der Waals surface area (Å²) >= 11 is 5.73. The number of nitrogens with two attached hydrogens (primary N) is 1. The van der Waals surface area contributed by atoms with Crippen LogP contribution in [0.3, 0.4) is 0 Å². The summed E-state index contributed by atoms with van der Waals surface area (Å²) in [6, 6.07) is 4.88. The van der Waals surface area contributed by atoms with Gasteiger partial charge in [-0.3, -0.25) is 0 Å². The monoisotopic (exact) mass is 225 g/mol. The summed E-state index contributed by atoms with van der Waals surface area (Å²) in [6.45, 7) is 0.579. The minimum Gasteiger partial charge on any atom is -0.478 e. The van der Waals surface area contributed by atoms with Gasteiger partial charge in [0.2, 0.25) is 0 Å². The van der Waals surface area contributed by atoms with E-state index in [0.29, 0.717) is 6.54 Å². The fourth-order valence-electron chi connectivity index (χ4n) is 1.13. The van der Waals surface area contributed by atoms with E-state index in [4.69, 9.17) is 22.4 Å². The molecule has 15 heavy (non-hydrogen) atoms. The predicted octanol–water partition coefficient (Wildman–Crippen LogP) is 2.40. The topological polar surface area (TPSA) is 63.3 Å². The van der Waals surface area contributed by atoms with Crippen LogP contribution in [0.5, 0.6) is 0 Å². The van der Waals surface area contributed by atoms with Crippen LogP contribution in [-0.2, 0) is 0 Å². The Morgan fingerprint density at radius 2 is 2.27 bits per heavy atom. The summed E-state index contributed by atoms with van der Waals surface area (Å²) in [6.07, 6.45) is 4.50. The maximum atomic E-state index is 10.8. The van der Waals surface area contributed by atoms with Crippen LogP contribution in [0.15, 0.2) is 24.3 Å². The lowest BCUT2D eigenvalue weighted by Crippen LogP contribution is -1.97. The molecule has 0 aliphatic rings. The van der Waals surface area contributed by atoms with Crippen molar-refractivity contribution in [3.05, 3.63) is 40.4 Å². The maximum absolute atomic E-state index is 10.8. The van der Waals surface area contributed by atoms with Gasteiger partial charge in [0.25, 0.3) is 0 Å². The highest BCUT2D eigenvalue weighted by Gasteiger charge is 2.07. The normalized spacial score (nSPS) is 10.8. The van der Waals surface area contributed by atoms with Gasteiger partial charge in [-0.1, -0.05) is 29.8 Å². The molecule has 0 heterocycles. The zero-order chi connectivity index (χ0) is 11.3. The molecule has 3 N–H and O–H groups in total. The molecule has 0 spiro atoms. The molecule has 0 saturated carbocycles. The predicted molar refractivity (Wildman–Crippen MR) is 61.1 cm³/mol. The van der Waals surface area contributed by atoms with E-state index in [2.05, 4.69) is 0 Å². The van der Waals surface area contributed by atoms with E-state index < -0.39 is 5.97 Å². The first-order valence-corrected chi connectivity index (χ1v) is 4.92. The van der Waals surface area contributed by atoms with Crippen LogP contribution in [-0.4, -0.2) is 17.6 Å². The minimum atomic E-state index is -1.02. The summed E-state index contributed by atoms with van der Waals surface area (Å²) in [7, 11) is 0. The molecule has 1 rings (SSSR count). The van der Waals surface area contributed by atoms with Crippen molar-refractivity contribution < 1.29 is 9.90 Å². The SMILES string of the molecule is NCCC=Cc1ccc(Cl)c(C(=O)O)c1. The van der Waals surface area contributed by atoms with E-state index in [9.17, 15) is 4.79 Å². The van der Waals surface area contributed by atoms with Crippen molar-refractivity contribution in [1.29, 1.82) is 0 Å². The van der Waals surface area contributed by atoms with Crippen molar-refractivity contribution in [3.8, 4) is 0 Å². The van der Waals surface area contributed by atoms with Crippen molar-refractivity contribution >= 4 is 23.6 Å². The van der Waals surface area contributed by atoms with Gasteiger partial charge >= 0.3 is 5.97 Å². The molecule has 0 unspecified atom stereocenters. The molecule has 1 aromatic carbocycles. The fraction of sp³-hybridized carbons (Fsp3) is 0.182. The third kappa shape index (κ3) is 3.38. The van der Waals surface area contributed by atoms with Crippen molar-refractivity contribution in [1.82, 2.24) is 0 Å². The molecule has 0 saturated heterocycles. The molecule has 0 aliphatic carbocycles. The third-order valence-corrected chi connectivity index (χ3v) is 2.19. The molecule has 0 radical (unpaired) electrons. The zero-order valence-corrected chi connectivity index (χ0v) is 8.87. The number of carbonyl (C=O) groups is 1. The number of hydrogen-bond acceptors (Lipinski definition) is 2. The highest BCUT2D eigenvalue weighted by Crippen LogP contribution is 2.18. The van der Waals surface area contributed by atoms with E-state index >= 15 is 0 Å². The first-order valence-electron chi connectivity index (χ1n) is 4.54. The quantitative estimate of drug-likeness (QED) is 0.827. The Labute approximate surface area is 93.2 Å². The standard InChI is InChI=1S/C11H12ClNO2/c12-10-5-4-8(3-1-2-6-13)7-9(10)11(14)15/h1,3-5,7H,2,6,13H2,(H,14,15). The van der Waals surface area contributed by atoms with E-state index in [1.54, 1.807) is 12.1 Å². The Kier molecular flexibility index (Phi) is 4.34. The Bertz CT molecular complexity index is 388. The minimum absolute atomic E-state index is 0.117. The first kappa shape index (κ1) is 11.8. The molecule has 0 amide bonds. The van der Waals surface area contributed by atoms with Gasteiger partial charge in [0.15, 0.2) is 0 Å². The van der Waals surface area contributed by atoms with Crippen LogP contribution >= 0.6 is 11.6 Å². The zero-order valence-electron chi connectivity index (χ0n) is 8.11. The molecule has 0 bridgehead atoms. The number of halogens is 1. The van der Waals surface area contributed by atoms with Crippen LogP contribution in [0, 0.1) is 0 Å². The van der Waals surface area contributed by atoms with Gasteiger partial charge in [-0.25, -0.2) is 4.79 Å². The van der Waals surface area contributed by atoms with Gasteiger partial charge in [-0.05, 0) is 30.7 Å². The maximum Gasteiger partial charge on any atom is 0.337 e. The molecule has 0 atom stereocenters. The molecular formula is C11H12ClNO2. The molecule has 0 aromatic heterocycles. The first-order chi connectivity index (χ1) is 7.15. The van der Waals surface area contributed by atoms with E-state index in [1.165, 1.54) is 6.07 Å². The van der Waals surface area contributed by atoms with Crippen molar-refractivity contribution in [3.63, 3.8) is 0 Å². The third-order valence-electron chi connectivity index (χ3n) is 1.86. The molecule has 4 heteroatoms. The van der Waals surface area contributed by atoms with Gasteiger partial charge in [-0.15, -0.1) is 0 Å². The Hall–Kier alpha value is -1.32. The van der Waals surface area contributed by atoms with Crippen molar-refractivity contribution in [2.75, 3.05) is 6.54 Å². The largest absolute Gasteiger partial charge is 0.478 e. The summed E-state index contributed by atoms with van der Waals surface area (Å²) in [4.78, 5) is 10.8. The van der Waals surface area contributed by atoms with Crippen LogP contribution in [0.4, 0.5) is 0 Å². The van der Waals surface area contributed by atoms with Crippen LogP contribution < -0.4 is 5.73 Å². The second kappa shape index (κ2) is 5.53. The Morgan fingerprint density at radius 3 is 2.87 bits per heavy atom. The van der Waals surface area contributed by atoms with Crippen LogP contribution in [0.2, 0.25) is 5.02 Å². The average molecular weight is 226 g/mol.